The molecule has 2 saturated heterocycles. The van der Waals surface area contributed by atoms with Crippen molar-refractivity contribution in [3.05, 3.63) is 35.4 Å². The highest BCUT2D eigenvalue weighted by Crippen LogP contribution is 2.49. The molecule has 0 amide bonds. The summed E-state index contributed by atoms with van der Waals surface area (Å²) in [5, 5.41) is 9.43. The Morgan fingerprint density at radius 3 is 2.72 bits per heavy atom. The lowest BCUT2D eigenvalue weighted by Crippen LogP contribution is -2.33. The van der Waals surface area contributed by atoms with E-state index in [-0.39, 0.29) is 12.2 Å². The van der Waals surface area contributed by atoms with Crippen LogP contribution in [0.3, 0.4) is 0 Å². The summed E-state index contributed by atoms with van der Waals surface area (Å²) in [5.74, 6) is -1.71. The van der Waals surface area contributed by atoms with E-state index in [4.69, 9.17) is 4.74 Å². The molecule has 2 nitrogen and oxygen atoms in total. The molecule has 2 fully saturated rings. The molecule has 3 rings (SSSR count). The Kier molecular flexibility index (Phi) is 2.60. The number of rotatable bonds is 2. The van der Waals surface area contributed by atoms with E-state index in [2.05, 4.69) is 6.07 Å². The molecule has 0 spiro atoms. The van der Waals surface area contributed by atoms with Crippen molar-refractivity contribution in [1.82, 2.24) is 0 Å². The van der Waals surface area contributed by atoms with E-state index in [1.165, 1.54) is 6.07 Å². The van der Waals surface area contributed by atoms with Crippen LogP contribution >= 0.6 is 0 Å². The Hall–Kier alpha value is -1.47. The third-order valence-corrected chi connectivity index (χ3v) is 4.04. The summed E-state index contributed by atoms with van der Waals surface area (Å²) < 4.78 is 31.8. The topological polar surface area (TPSA) is 33.0 Å². The number of benzene rings is 1. The van der Waals surface area contributed by atoms with Gasteiger partial charge in [-0.2, -0.15) is 5.26 Å². The van der Waals surface area contributed by atoms with Crippen LogP contribution in [0.4, 0.5) is 8.78 Å². The standard InChI is InChI=1S/C14H13F2NO/c15-11-3-1-9(5-12(11)16)6-14(8-17)7-10-2-4-13(14)18-10/h1,3,5,10,13H,2,4,6-7H2. The van der Waals surface area contributed by atoms with Gasteiger partial charge in [0.1, 0.15) is 0 Å². The minimum Gasteiger partial charge on any atom is -0.373 e. The third-order valence-electron chi connectivity index (χ3n) is 4.04. The second-order valence-electron chi connectivity index (χ2n) is 5.22. The van der Waals surface area contributed by atoms with Gasteiger partial charge in [0.05, 0.1) is 23.7 Å². The van der Waals surface area contributed by atoms with Gasteiger partial charge in [-0.3, -0.25) is 0 Å². The van der Waals surface area contributed by atoms with Gasteiger partial charge < -0.3 is 4.74 Å². The molecule has 2 aliphatic heterocycles. The fourth-order valence-corrected chi connectivity index (χ4v) is 3.16. The monoisotopic (exact) mass is 249 g/mol. The molecule has 1 aromatic rings. The molecule has 0 N–H and O–H groups in total. The van der Waals surface area contributed by atoms with Crippen LogP contribution in [0.15, 0.2) is 18.2 Å². The molecule has 3 unspecified atom stereocenters. The quantitative estimate of drug-likeness (QED) is 0.807. The van der Waals surface area contributed by atoms with Gasteiger partial charge in [0, 0.05) is 0 Å². The second-order valence-corrected chi connectivity index (χ2v) is 5.22. The Bertz CT molecular complexity index is 525. The highest BCUT2D eigenvalue weighted by molar-refractivity contribution is 5.24. The van der Waals surface area contributed by atoms with E-state index < -0.39 is 17.0 Å². The lowest BCUT2D eigenvalue weighted by molar-refractivity contribution is 0.0787. The van der Waals surface area contributed by atoms with Crippen LogP contribution in [0.5, 0.6) is 0 Å². The molecular weight excluding hydrogens is 236 g/mol. The molecule has 0 saturated carbocycles. The molecule has 0 aliphatic carbocycles. The van der Waals surface area contributed by atoms with Gasteiger partial charge >= 0.3 is 0 Å². The first-order valence-electron chi connectivity index (χ1n) is 6.14. The van der Waals surface area contributed by atoms with Crippen molar-refractivity contribution in [2.45, 2.75) is 37.9 Å². The van der Waals surface area contributed by atoms with Gasteiger partial charge in [0.25, 0.3) is 0 Å². The van der Waals surface area contributed by atoms with Crippen LogP contribution in [0, 0.1) is 28.4 Å². The van der Waals surface area contributed by atoms with Crippen molar-refractivity contribution >= 4 is 0 Å². The Morgan fingerprint density at radius 2 is 2.17 bits per heavy atom. The number of nitriles is 1. The summed E-state index contributed by atoms with van der Waals surface area (Å²) in [5.41, 5.74) is 0.0966. The van der Waals surface area contributed by atoms with Crippen LogP contribution in [0.1, 0.15) is 24.8 Å². The molecule has 2 bridgehead atoms. The number of nitrogens with zero attached hydrogens (tertiary/aromatic N) is 1. The normalized spacial score (nSPS) is 33.6. The van der Waals surface area contributed by atoms with E-state index in [1.54, 1.807) is 6.07 Å². The number of fused-ring (bicyclic) bond motifs is 2. The molecule has 1 aromatic carbocycles. The minimum absolute atomic E-state index is 0.0550. The maximum absolute atomic E-state index is 13.2. The number of hydrogen-bond acceptors (Lipinski definition) is 2. The van der Waals surface area contributed by atoms with Crippen molar-refractivity contribution in [3.63, 3.8) is 0 Å². The zero-order chi connectivity index (χ0) is 12.8. The van der Waals surface area contributed by atoms with Crippen LogP contribution in [0.2, 0.25) is 0 Å². The summed E-state index contributed by atoms with van der Waals surface area (Å²) in [6, 6.07) is 6.19. The summed E-state index contributed by atoms with van der Waals surface area (Å²) in [6.45, 7) is 0. The summed E-state index contributed by atoms with van der Waals surface area (Å²) in [6.07, 6.45) is 3.14. The summed E-state index contributed by atoms with van der Waals surface area (Å²) in [4.78, 5) is 0. The molecule has 0 aromatic heterocycles. The maximum atomic E-state index is 13.2. The van der Waals surface area contributed by atoms with E-state index in [1.807, 2.05) is 0 Å². The average Bonchev–Trinajstić information content (AvgIpc) is 2.94. The zero-order valence-corrected chi connectivity index (χ0v) is 9.83. The number of halogens is 2. The van der Waals surface area contributed by atoms with Crippen molar-refractivity contribution in [2.75, 3.05) is 0 Å². The molecule has 2 heterocycles. The van der Waals surface area contributed by atoms with Gasteiger partial charge in [0.2, 0.25) is 0 Å². The lowest BCUT2D eigenvalue weighted by Gasteiger charge is -2.28. The Morgan fingerprint density at radius 1 is 1.33 bits per heavy atom. The lowest BCUT2D eigenvalue weighted by atomic mass is 9.71. The van der Waals surface area contributed by atoms with Crippen LogP contribution < -0.4 is 0 Å². The predicted molar refractivity (Wildman–Crippen MR) is 60.6 cm³/mol. The second kappa shape index (κ2) is 4.03. The smallest absolute Gasteiger partial charge is 0.159 e. The first-order chi connectivity index (χ1) is 8.63. The highest BCUT2D eigenvalue weighted by atomic mass is 19.2. The van der Waals surface area contributed by atoms with Gasteiger partial charge in [-0.25, -0.2) is 8.78 Å². The first kappa shape index (κ1) is 11.6. The molecule has 94 valence electrons. The van der Waals surface area contributed by atoms with Crippen molar-refractivity contribution < 1.29 is 13.5 Å². The molecule has 2 aliphatic rings. The molecule has 4 heteroatoms. The van der Waals surface area contributed by atoms with Gasteiger partial charge in [-0.15, -0.1) is 0 Å². The highest BCUT2D eigenvalue weighted by Gasteiger charge is 2.52. The minimum atomic E-state index is -0.857. The number of hydrogen-bond donors (Lipinski definition) is 0. The molecule has 18 heavy (non-hydrogen) atoms. The predicted octanol–water partition coefficient (Wildman–Crippen LogP) is 2.97. The van der Waals surface area contributed by atoms with Crippen LogP contribution in [-0.4, -0.2) is 12.2 Å². The molecular formula is C14H13F2NO. The largest absolute Gasteiger partial charge is 0.373 e. The summed E-state index contributed by atoms with van der Waals surface area (Å²) in [7, 11) is 0. The van der Waals surface area contributed by atoms with Crippen molar-refractivity contribution in [1.29, 1.82) is 5.26 Å². The first-order valence-corrected chi connectivity index (χ1v) is 6.14. The Balaban J connectivity index is 1.87. The average molecular weight is 249 g/mol. The fourth-order valence-electron chi connectivity index (χ4n) is 3.16. The number of ether oxygens (including phenoxy) is 1. The van der Waals surface area contributed by atoms with E-state index >= 15 is 0 Å². The van der Waals surface area contributed by atoms with Gasteiger partial charge in [0.15, 0.2) is 11.6 Å². The SMILES string of the molecule is N#CC1(Cc2ccc(F)c(F)c2)CC2CCC1O2. The zero-order valence-electron chi connectivity index (χ0n) is 9.83. The Labute approximate surface area is 104 Å². The summed E-state index contributed by atoms with van der Waals surface area (Å²) >= 11 is 0. The van der Waals surface area contributed by atoms with E-state index in [9.17, 15) is 14.0 Å². The van der Waals surface area contributed by atoms with E-state index in [0.717, 1.165) is 18.9 Å². The van der Waals surface area contributed by atoms with Crippen molar-refractivity contribution in [3.8, 4) is 6.07 Å². The molecule has 0 radical (unpaired) electrons. The van der Waals surface area contributed by atoms with E-state index in [0.29, 0.717) is 18.4 Å². The van der Waals surface area contributed by atoms with Gasteiger partial charge in [-0.05, 0) is 43.4 Å². The fraction of sp³-hybridized carbons (Fsp3) is 0.500. The maximum Gasteiger partial charge on any atom is 0.159 e. The molecule has 3 atom stereocenters. The van der Waals surface area contributed by atoms with Gasteiger partial charge in [-0.1, -0.05) is 6.07 Å². The third kappa shape index (κ3) is 1.70. The van der Waals surface area contributed by atoms with Crippen molar-refractivity contribution in [2.24, 2.45) is 5.41 Å². The van der Waals surface area contributed by atoms with Crippen LogP contribution in [-0.2, 0) is 11.2 Å². The van der Waals surface area contributed by atoms with Crippen LogP contribution in [0.25, 0.3) is 0 Å².